The van der Waals surface area contributed by atoms with Gasteiger partial charge in [0, 0.05) is 52.1 Å². The minimum Gasteiger partial charge on any atom is -0.378 e. The number of rotatable bonds is 4. The van der Waals surface area contributed by atoms with Gasteiger partial charge in [0.2, 0.25) is 5.95 Å². The van der Waals surface area contributed by atoms with Crippen molar-refractivity contribution in [3.05, 3.63) is 12.4 Å². The quantitative estimate of drug-likeness (QED) is 0.867. The van der Waals surface area contributed by atoms with Crippen LogP contribution in [0.15, 0.2) is 12.4 Å². The molecule has 0 bridgehead atoms. The van der Waals surface area contributed by atoms with Crippen molar-refractivity contribution in [1.29, 1.82) is 0 Å². The van der Waals surface area contributed by atoms with Gasteiger partial charge in [-0.15, -0.1) is 0 Å². The second-order valence-corrected chi connectivity index (χ2v) is 6.07. The van der Waals surface area contributed by atoms with Crippen LogP contribution in [0.1, 0.15) is 19.3 Å². The number of carbonyl (C=O) groups is 1. The first-order chi connectivity index (χ1) is 10.6. The number of nitrogens with one attached hydrogen (secondary N) is 1. The standard InChI is InChI=1S/C15H24N4O3/c1-18-9-6-16-14(18)19-7-3-12(4-8-19)17-13(20)15(21-2)5-10-22-11-15/h6,9,12H,3-5,7-8,10-11H2,1-2H3,(H,17,20). The average molecular weight is 308 g/mol. The minimum absolute atomic E-state index is 0.0389. The Bertz CT molecular complexity index is 517. The summed E-state index contributed by atoms with van der Waals surface area (Å²) in [4.78, 5) is 19.1. The highest BCUT2D eigenvalue weighted by Crippen LogP contribution is 2.24. The largest absolute Gasteiger partial charge is 0.378 e. The van der Waals surface area contributed by atoms with E-state index in [-0.39, 0.29) is 11.9 Å². The van der Waals surface area contributed by atoms with Crippen molar-refractivity contribution in [2.24, 2.45) is 7.05 Å². The van der Waals surface area contributed by atoms with Crippen LogP contribution in [0.25, 0.3) is 0 Å². The molecule has 7 heteroatoms. The van der Waals surface area contributed by atoms with Gasteiger partial charge in [-0.25, -0.2) is 4.98 Å². The fourth-order valence-electron chi connectivity index (χ4n) is 3.18. The molecule has 2 saturated heterocycles. The van der Waals surface area contributed by atoms with Crippen LogP contribution in [0.3, 0.4) is 0 Å². The van der Waals surface area contributed by atoms with Gasteiger partial charge in [-0.2, -0.15) is 0 Å². The molecule has 0 spiro atoms. The van der Waals surface area contributed by atoms with E-state index in [1.807, 2.05) is 24.0 Å². The van der Waals surface area contributed by atoms with Crippen molar-refractivity contribution in [3.63, 3.8) is 0 Å². The Morgan fingerprint density at radius 3 is 2.82 bits per heavy atom. The van der Waals surface area contributed by atoms with Gasteiger partial charge in [0.15, 0.2) is 5.60 Å². The maximum atomic E-state index is 12.5. The van der Waals surface area contributed by atoms with Crippen molar-refractivity contribution < 1.29 is 14.3 Å². The van der Waals surface area contributed by atoms with Crippen molar-refractivity contribution in [2.45, 2.75) is 30.9 Å². The van der Waals surface area contributed by atoms with Gasteiger partial charge in [-0.3, -0.25) is 4.79 Å². The van der Waals surface area contributed by atoms with Crippen LogP contribution in [0.4, 0.5) is 5.95 Å². The van der Waals surface area contributed by atoms with Crippen molar-refractivity contribution in [2.75, 3.05) is 38.3 Å². The molecule has 3 heterocycles. The molecule has 0 aromatic carbocycles. The molecule has 1 unspecified atom stereocenters. The average Bonchev–Trinajstić information content (AvgIpc) is 3.17. The summed E-state index contributed by atoms with van der Waals surface area (Å²) in [6, 6.07) is 0.191. The predicted octanol–water partition coefficient (Wildman–Crippen LogP) is 0.311. The predicted molar refractivity (Wildman–Crippen MR) is 81.8 cm³/mol. The van der Waals surface area contributed by atoms with Crippen LogP contribution in [0.2, 0.25) is 0 Å². The highest BCUT2D eigenvalue weighted by Gasteiger charge is 2.43. The van der Waals surface area contributed by atoms with E-state index in [9.17, 15) is 4.79 Å². The zero-order chi connectivity index (χ0) is 15.6. The molecule has 2 fully saturated rings. The molecule has 2 aliphatic heterocycles. The van der Waals surface area contributed by atoms with Crippen molar-refractivity contribution in [1.82, 2.24) is 14.9 Å². The fraction of sp³-hybridized carbons (Fsp3) is 0.733. The number of aryl methyl sites for hydroxylation is 1. The second kappa shape index (κ2) is 6.26. The SMILES string of the molecule is COC1(C(=O)NC2CCN(c3nccn3C)CC2)CCOC1. The number of hydrogen-bond acceptors (Lipinski definition) is 5. The fourth-order valence-corrected chi connectivity index (χ4v) is 3.18. The first kappa shape index (κ1) is 15.3. The Morgan fingerprint density at radius 1 is 1.50 bits per heavy atom. The van der Waals surface area contributed by atoms with Gasteiger partial charge in [-0.05, 0) is 12.8 Å². The van der Waals surface area contributed by atoms with E-state index in [0.717, 1.165) is 31.9 Å². The summed E-state index contributed by atoms with van der Waals surface area (Å²) < 4.78 is 12.8. The summed E-state index contributed by atoms with van der Waals surface area (Å²) in [5.74, 6) is 0.949. The Labute approximate surface area is 130 Å². The Kier molecular flexibility index (Phi) is 4.35. The van der Waals surface area contributed by atoms with Crippen LogP contribution in [-0.4, -0.2) is 60.5 Å². The van der Waals surface area contributed by atoms with Gasteiger partial charge >= 0.3 is 0 Å². The molecule has 1 aromatic rings. The molecule has 1 N–H and O–H groups in total. The molecular weight excluding hydrogens is 284 g/mol. The second-order valence-electron chi connectivity index (χ2n) is 6.07. The first-order valence-electron chi connectivity index (χ1n) is 7.81. The highest BCUT2D eigenvalue weighted by atomic mass is 16.6. The third kappa shape index (κ3) is 2.83. The van der Waals surface area contributed by atoms with Gasteiger partial charge in [0.1, 0.15) is 0 Å². The summed E-state index contributed by atoms with van der Waals surface area (Å²) in [5, 5.41) is 3.14. The van der Waals surface area contributed by atoms with Crippen LogP contribution in [-0.2, 0) is 21.3 Å². The molecule has 0 radical (unpaired) electrons. The van der Waals surface area contributed by atoms with Gasteiger partial charge in [0.25, 0.3) is 5.91 Å². The van der Waals surface area contributed by atoms with Crippen molar-refractivity contribution in [3.8, 4) is 0 Å². The van der Waals surface area contributed by atoms with Gasteiger partial charge < -0.3 is 24.3 Å². The maximum Gasteiger partial charge on any atom is 0.254 e. The summed E-state index contributed by atoms with van der Waals surface area (Å²) >= 11 is 0. The molecule has 1 amide bonds. The first-order valence-corrected chi connectivity index (χ1v) is 7.81. The molecule has 7 nitrogen and oxygen atoms in total. The number of nitrogens with zero attached hydrogens (tertiary/aromatic N) is 3. The van der Waals surface area contributed by atoms with Crippen LogP contribution in [0, 0.1) is 0 Å². The van der Waals surface area contributed by atoms with Crippen molar-refractivity contribution >= 4 is 11.9 Å². The zero-order valence-electron chi connectivity index (χ0n) is 13.2. The number of hydrogen-bond donors (Lipinski definition) is 1. The topological polar surface area (TPSA) is 68.6 Å². The number of aromatic nitrogens is 2. The van der Waals surface area contributed by atoms with E-state index in [1.54, 1.807) is 7.11 Å². The third-order valence-corrected chi connectivity index (χ3v) is 4.70. The van der Waals surface area contributed by atoms with Crippen LogP contribution < -0.4 is 10.2 Å². The van der Waals surface area contributed by atoms with Crippen LogP contribution in [0.5, 0.6) is 0 Å². The lowest BCUT2D eigenvalue weighted by molar-refractivity contribution is -0.144. The number of ether oxygens (including phenoxy) is 2. The molecule has 122 valence electrons. The highest BCUT2D eigenvalue weighted by molar-refractivity contribution is 5.86. The zero-order valence-corrected chi connectivity index (χ0v) is 13.2. The number of imidazole rings is 1. The summed E-state index contributed by atoms with van der Waals surface area (Å²) in [6.07, 6.45) is 6.22. The summed E-state index contributed by atoms with van der Waals surface area (Å²) in [7, 11) is 3.58. The molecule has 22 heavy (non-hydrogen) atoms. The Hall–Kier alpha value is -1.60. The summed E-state index contributed by atoms with van der Waals surface area (Å²) in [6.45, 7) is 2.72. The maximum absolute atomic E-state index is 12.5. The normalized spacial score (nSPS) is 26.4. The molecule has 2 aliphatic rings. The molecule has 1 atom stereocenters. The van der Waals surface area contributed by atoms with E-state index in [0.29, 0.717) is 19.6 Å². The number of anilines is 1. The lowest BCUT2D eigenvalue weighted by atomic mass is 9.99. The Balaban J connectivity index is 1.54. The summed E-state index contributed by atoms with van der Waals surface area (Å²) in [5.41, 5.74) is -0.795. The van der Waals surface area contributed by atoms with Crippen LogP contribution >= 0.6 is 0 Å². The monoisotopic (exact) mass is 308 g/mol. The molecule has 0 aliphatic carbocycles. The minimum atomic E-state index is -0.795. The molecule has 1 aromatic heterocycles. The van der Waals surface area contributed by atoms with E-state index < -0.39 is 5.60 Å². The van der Waals surface area contributed by atoms with Gasteiger partial charge in [-0.1, -0.05) is 0 Å². The smallest absolute Gasteiger partial charge is 0.254 e. The van der Waals surface area contributed by atoms with E-state index in [4.69, 9.17) is 9.47 Å². The number of carbonyl (C=O) groups excluding carboxylic acids is 1. The molecular formula is C15H24N4O3. The lowest BCUT2D eigenvalue weighted by Crippen LogP contribution is -2.54. The van der Waals surface area contributed by atoms with E-state index in [1.165, 1.54) is 0 Å². The van der Waals surface area contributed by atoms with E-state index in [2.05, 4.69) is 15.2 Å². The van der Waals surface area contributed by atoms with Gasteiger partial charge in [0.05, 0.1) is 13.2 Å². The number of methoxy groups -OCH3 is 1. The Morgan fingerprint density at radius 2 is 2.27 bits per heavy atom. The molecule has 0 saturated carbocycles. The number of piperidine rings is 1. The molecule has 3 rings (SSSR count). The van der Waals surface area contributed by atoms with E-state index >= 15 is 0 Å². The third-order valence-electron chi connectivity index (χ3n) is 4.70. The number of amides is 1. The lowest BCUT2D eigenvalue weighted by Gasteiger charge is -2.34.